The molecule has 3 heteroatoms. The van der Waals surface area contributed by atoms with Crippen molar-refractivity contribution in [1.29, 1.82) is 0 Å². The molecule has 2 rings (SSSR count). The van der Waals surface area contributed by atoms with Gasteiger partial charge in [-0.3, -0.25) is 0 Å². The van der Waals surface area contributed by atoms with Crippen molar-refractivity contribution in [2.75, 3.05) is 32.7 Å². The molecule has 0 spiro atoms. The molecular weight excluding hydrogens is 176 g/mol. The molecule has 0 aromatic carbocycles. The Labute approximate surface area is 86.5 Å². The number of nitrogens with zero attached hydrogens (tertiary/aromatic N) is 1. The van der Waals surface area contributed by atoms with Gasteiger partial charge in [-0.25, -0.2) is 0 Å². The van der Waals surface area contributed by atoms with E-state index in [-0.39, 0.29) is 0 Å². The van der Waals surface area contributed by atoms with Crippen molar-refractivity contribution in [3.8, 4) is 0 Å². The molecular formula is C11H22N2O. The average molecular weight is 198 g/mol. The number of likely N-dealkylation sites (tertiary alicyclic amines) is 1. The van der Waals surface area contributed by atoms with E-state index in [9.17, 15) is 5.11 Å². The van der Waals surface area contributed by atoms with Gasteiger partial charge in [-0.1, -0.05) is 0 Å². The lowest BCUT2D eigenvalue weighted by Gasteiger charge is -2.37. The van der Waals surface area contributed by atoms with Gasteiger partial charge in [0.15, 0.2) is 0 Å². The Balaban J connectivity index is 1.79. The van der Waals surface area contributed by atoms with Crippen LogP contribution in [0.15, 0.2) is 0 Å². The van der Waals surface area contributed by atoms with E-state index in [4.69, 9.17) is 0 Å². The first-order valence-electron chi connectivity index (χ1n) is 5.81. The van der Waals surface area contributed by atoms with E-state index in [1.54, 1.807) is 0 Å². The van der Waals surface area contributed by atoms with Crippen LogP contribution in [-0.2, 0) is 0 Å². The Hall–Kier alpha value is -0.120. The quantitative estimate of drug-likeness (QED) is 0.676. The van der Waals surface area contributed by atoms with E-state index >= 15 is 0 Å². The van der Waals surface area contributed by atoms with Crippen LogP contribution in [-0.4, -0.2) is 48.3 Å². The van der Waals surface area contributed by atoms with Crippen molar-refractivity contribution in [2.24, 2.45) is 5.92 Å². The second kappa shape index (κ2) is 4.17. The molecule has 0 aromatic rings. The lowest BCUT2D eigenvalue weighted by molar-refractivity contribution is -0.0191. The fourth-order valence-electron chi connectivity index (χ4n) is 2.71. The molecule has 2 heterocycles. The first-order valence-corrected chi connectivity index (χ1v) is 5.81. The number of hydrogen-bond donors (Lipinski definition) is 2. The van der Waals surface area contributed by atoms with Crippen molar-refractivity contribution in [3.63, 3.8) is 0 Å². The minimum atomic E-state index is -0.440. The van der Waals surface area contributed by atoms with Gasteiger partial charge in [-0.2, -0.15) is 0 Å². The molecule has 3 nitrogen and oxygen atoms in total. The molecule has 2 saturated heterocycles. The standard InChI is InChI=1S/C11H22N2O/c1-11(14)4-2-6-13(9-11)8-10-3-5-12-7-10/h10,12,14H,2-9H2,1H3. The third kappa shape index (κ3) is 2.69. The third-order valence-corrected chi connectivity index (χ3v) is 3.43. The summed E-state index contributed by atoms with van der Waals surface area (Å²) in [5.74, 6) is 0.809. The number of piperidine rings is 1. The highest BCUT2D eigenvalue weighted by Gasteiger charge is 2.29. The van der Waals surface area contributed by atoms with Crippen molar-refractivity contribution in [3.05, 3.63) is 0 Å². The normalized spacial score (nSPS) is 40.3. The highest BCUT2D eigenvalue weighted by Crippen LogP contribution is 2.22. The average Bonchev–Trinajstić information content (AvgIpc) is 2.54. The second-order valence-corrected chi connectivity index (χ2v) is 5.19. The van der Waals surface area contributed by atoms with Crippen LogP contribution in [0.2, 0.25) is 0 Å². The van der Waals surface area contributed by atoms with Gasteiger partial charge >= 0.3 is 0 Å². The maximum atomic E-state index is 9.96. The predicted molar refractivity (Wildman–Crippen MR) is 57.3 cm³/mol. The number of aliphatic hydroxyl groups is 1. The predicted octanol–water partition coefficient (Wildman–Crippen LogP) is 0.443. The molecule has 14 heavy (non-hydrogen) atoms. The van der Waals surface area contributed by atoms with Gasteiger partial charge in [0.2, 0.25) is 0 Å². The Kier molecular flexibility index (Phi) is 3.10. The van der Waals surface area contributed by atoms with Crippen LogP contribution in [0.5, 0.6) is 0 Å². The summed E-state index contributed by atoms with van der Waals surface area (Å²) in [4.78, 5) is 2.43. The molecule has 2 N–H and O–H groups in total. The topological polar surface area (TPSA) is 35.5 Å². The van der Waals surface area contributed by atoms with Gasteiger partial charge < -0.3 is 15.3 Å². The fourth-order valence-corrected chi connectivity index (χ4v) is 2.71. The lowest BCUT2D eigenvalue weighted by atomic mass is 9.94. The van der Waals surface area contributed by atoms with E-state index in [1.165, 1.54) is 32.6 Å². The van der Waals surface area contributed by atoms with E-state index in [2.05, 4.69) is 10.2 Å². The molecule has 2 aliphatic rings. The minimum absolute atomic E-state index is 0.440. The largest absolute Gasteiger partial charge is 0.389 e. The van der Waals surface area contributed by atoms with Gasteiger partial charge in [0, 0.05) is 13.1 Å². The third-order valence-electron chi connectivity index (χ3n) is 3.43. The maximum absolute atomic E-state index is 9.96. The van der Waals surface area contributed by atoms with Gasteiger partial charge in [0.25, 0.3) is 0 Å². The highest BCUT2D eigenvalue weighted by molar-refractivity contribution is 4.85. The maximum Gasteiger partial charge on any atom is 0.0746 e. The summed E-state index contributed by atoms with van der Waals surface area (Å²) in [5.41, 5.74) is -0.440. The number of nitrogens with one attached hydrogen (secondary N) is 1. The van der Waals surface area contributed by atoms with Gasteiger partial charge in [-0.15, -0.1) is 0 Å². The van der Waals surface area contributed by atoms with Crippen molar-refractivity contribution in [1.82, 2.24) is 10.2 Å². The van der Waals surface area contributed by atoms with Crippen LogP contribution in [0.3, 0.4) is 0 Å². The molecule has 0 saturated carbocycles. The Morgan fingerprint density at radius 2 is 2.43 bits per heavy atom. The Bertz CT molecular complexity index is 188. The summed E-state index contributed by atoms with van der Waals surface area (Å²) < 4.78 is 0. The lowest BCUT2D eigenvalue weighted by Crippen LogP contribution is -2.47. The fraction of sp³-hybridized carbons (Fsp3) is 1.00. The van der Waals surface area contributed by atoms with Crippen LogP contribution in [0.1, 0.15) is 26.2 Å². The van der Waals surface area contributed by atoms with Gasteiger partial charge in [0.1, 0.15) is 0 Å². The molecule has 2 fully saturated rings. The zero-order valence-electron chi connectivity index (χ0n) is 9.13. The van der Waals surface area contributed by atoms with Crippen molar-refractivity contribution < 1.29 is 5.11 Å². The summed E-state index contributed by atoms with van der Waals surface area (Å²) >= 11 is 0. The Morgan fingerprint density at radius 1 is 1.57 bits per heavy atom. The number of rotatable bonds is 2. The minimum Gasteiger partial charge on any atom is -0.389 e. The summed E-state index contributed by atoms with van der Waals surface area (Å²) in [6, 6.07) is 0. The van der Waals surface area contributed by atoms with Gasteiger partial charge in [0.05, 0.1) is 5.60 Å². The summed E-state index contributed by atoms with van der Waals surface area (Å²) in [6.07, 6.45) is 3.41. The molecule has 2 unspecified atom stereocenters. The summed E-state index contributed by atoms with van der Waals surface area (Å²) in [7, 11) is 0. The van der Waals surface area contributed by atoms with E-state index in [0.717, 1.165) is 25.3 Å². The van der Waals surface area contributed by atoms with Crippen molar-refractivity contribution >= 4 is 0 Å². The van der Waals surface area contributed by atoms with E-state index in [0.29, 0.717) is 0 Å². The molecule has 0 aromatic heterocycles. The van der Waals surface area contributed by atoms with Gasteiger partial charge in [-0.05, 0) is 51.7 Å². The first kappa shape index (κ1) is 10.4. The van der Waals surface area contributed by atoms with Crippen LogP contribution < -0.4 is 5.32 Å². The second-order valence-electron chi connectivity index (χ2n) is 5.19. The van der Waals surface area contributed by atoms with E-state index in [1.807, 2.05) is 6.92 Å². The van der Waals surface area contributed by atoms with Crippen LogP contribution in [0.25, 0.3) is 0 Å². The van der Waals surface area contributed by atoms with Crippen LogP contribution in [0.4, 0.5) is 0 Å². The molecule has 0 bridgehead atoms. The zero-order chi connectivity index (χ0) is 10.0. The molecule has 0 radical (unpaired) electrons. The molecule has 0 amide bonds. The smallest absolute Gasteiger partial charge is 0.0746 e. The van der Waals surface area contributed by atoms with Crippen LogP contribution in [0, 0.1) is 5.92 Å². The highest BCUT2D eigenvalue weighted by atomic mass is 16.3. The molecule has 2 atom stereocenters. The van der Waals surface area contributed by atoms with E-state index < -0.39 is 5.60 Å². The Morgan fingerprint density at radius 3 is 3.07 bits per heavy atom. The monoisotopic (exact) mass is 198 g/mol. The number of β-amino-alcohol motifs (C(OH)–C–C–N with tert-alkyl or cyclic N) is 1. The zero-order valence-corrected chi connectivity index (χ0v) is 9.13. The molecule has 0 aliphatic carbocycles. The summed E-state index contributed by atoms with van der Waals surface area (Å²) in [6.45, 7) is 7.51. The SMILES string of the molecule is CC1(O)CCCN(CC2CCNC2)C1. The molecule has 82 valence electrons. The van der Waals surface area contributed by atoms with Crippen LogP contribution >= 0.6 is 0 Å². The molecule has 2 aliphatic heterocycles. The van der Waals surface area contributed by atoms with Crippen molar-refractivity contribution in [2.45, 2.75) is 31.8 Å². The summed E-state index contributed by atoms with van der Waals surface area (Å²) in [5, 5.41) is 13.4. The first-order chi connectivity index (χ1) is 6.66. The number of hydrogen-bond acceptors (Lipinski definition) is 3.